The molecular weight excluding hydrogens is 283 g/mol. The number of hydrogen-bond donors (Lipinski definition) is 2. The van der Waals surface area contributed by atoms with Gasteiger partial charge in [-0.1, -0.05) is 24.1 Å². The average molecular weight is 299 g/mol. The average Bonchev–Trinajstić information content (AvgIpc) is 2.41. The van der Waals surface area contributed by atoms with Crippen molar-refractivity contribution in [3.05, 3.63) is 29.8 Å². The number of halogens is 3. The summed E-state index contributed by atoms with van der Waals surface area (Å²) in [5, 5.41) is 5.78. The zero-order valence-corrected chi connectivity index (χ0v) is 11.5. The van der Waals surface area contributed by atoms with Crippen LogP contribution in [0.4, 0.5) is 13.2 Å². The fraction of sp³-hybridized carbons (Fsp3) is 0.357. The first-order valence-corrected chi connectivity index (χ1v) is 6.25. The molecule has 1 aromatic carbocycles. The maximum Gasteiger partial charge on any atom is 0.573 e. The van der Waals surface area contributed by atoms with Gasteiger partial charge in [-0.3, -0.25) is 0 Å². The molecule has 1 aromatic rings. The molecule has 21 heavy (non-hydrogen) atoms. The van der Waals surface area contributed by atoms with E-state index in [4.69, 9.17) is 6.42 Å². The molecule has 0 spiro atoms. The number of aliphatic imine (C=N–C) groups is 1. The highest BCUT2D eigenvalue weighted by molar-refractivity contribution is 5.80. The standard InChI is InChI=1S/C14H16F3N3O/c1-3-9-19-13(18-4-2)20-10-11-7-5-6-8-12(11)21-14(15,16)17/h1,5-8H,4,9-10H2,2H3,(H2,18,19,20). The fourth-order valence-electron chi connectivity index (χ4n) is 1.50. The molecule has 1 rings (SSSR count). The largest absolute Gasteiger partial charge is 0.573 e. The van der Waals surface area contributed by atoms with Crippen molar-refractivity contribution in [2.45, 2.75) is 19.8 Å². The molecule has 2 N–H and O–H groups in total. The Labute approximate surface area is 121 Å². The number of guanidine groups is 1. The summed E-state index contributed by atoms with van der Waals surface area (Å²) in [5.74, 6) is 2.56. The van der Waals surface area contributed by atoms with Crippen molar-refractivity contribution in [3.63, 3.8) is 0 Å². The number of ether oxygens (including phenoxy) is 1. The molecule has 0 atom stereocenters. The molecule has 0 saturated heterocycles. The van der Waals surface area contributed by atoms with Crippen LogP contribution < -0.4 is 15.4 Å². The Morgan fingerprint density at radius 2 is 2.05 bits per heavy atom. The zero-order valence-electron chi connectivity index (χ0n) is 11.5. The number of alkyl halides is 3. The molecule has 0 heterocycles. The van der Waals surface area contributed by atoms with Crippen molar-refractivity contribution in [1.29, 1.82) is 0 Å². The minimum absolute atomic E-state index is 0.0339. The summed E-state index contributed by atoms with van der Waals surface area (Å²) >= 11 is 0. The lowest BCUT2D eigenvalue weighted by Gasteiger charge is -2.13. The van der Waals surface area contributed by atoms with E-state index in [2.05, 4.69) is 26.3 Å². The summed E-state index contributed by atoms with van der Waals surface area (Å²) in [4.78, 5) is 4.16. The van der Waals surface area contributed by atoms with E-state index < -0.39 is 6.36 Å². The molecule has 0 saturated carbocycles. The SMILES string of the molecule is C#CCNC(=NCc1ccccc1OC(F)(F)F)NCC. The molecule has 0 bridgehead atoms. The summed E-state index contributed by atoms with van der Waals surface area (Å²) < 4.78 is 40.9. The van der Waals surface area contributed by atoms with Crippen molar-refractivity contribution in [3.8, 4) is 18.1 Å². The van der Waals surface area contributed by atoms with Crippen molar-refractivity contribution < 1.29 is 17.9 Å². The van der Waals surface area contributed by atoms with E-state index >= 15 is 0 Å². The fourth-order valence-corrected chi connectivity index (χ4v) is 1.50. The van der Waals surface area contributed by atoms with Gasteiger partial charge in [-0.05, 0) is 13.0 Å². The number of rotatable bonds is 5. The van der Waals surface area contributed by atoms with E-state index in [1.54, 1.807) is 6.07 Å². The molecule has 0 aliphatic carbocycles. The molecule has 4 nitrogen and oxygen atoms in total. The van der Waals surface area contributed by atoms with Crippen LogP contribution in [0.3, 0.4) is 0 Å². The highest BCUT2D eigenvalue weighted by Gasteiger charge is 2.31. The van der Waals surface area contributed by atoms with Crippen LogP contribution in [0, 0.1) is 12.3 Å². The van der Waals surface area contributed by atoms with Gasteiger partial charge in [-0.2, -0.15) is 0 Å². The highest BCUT2D eigenvalue weighted by Crippen LogP contribution is 2.26. The zero-order chi connectivity index (χ0) is 15.7. The van der Waals surface area contributed by atoms with Crippen LogP contribution in [0.15, 0.2) is 29.3 Å². The molecule has 0 aromatic heterocycles. The number of nitrogens with zero attached hydrogens (tertiary/aromatic N) is 1. The van der Waals surface area contributed by atoms with Crippen molar-refractivity contribution in [2.75, 3.05) is 13.1 Å². The van der Waals surface area contributed by atoms with Gasteiger partial charge in [0.2, 0.25) is 0 Å². The molecule has 7 heteroatoms. The molecule has 0 radical (unpaired) electrons. The topological polar surface area (TPSA) is 45.7 Å². The Hall–Kier alpha value is -2.36. The van der Waals surface area contributed by atoms with Crippen LogP contribution in [0.5, 0.6) is 5.75 Å². The van der Waals surface area contributed by atoms with Crippen molar-refractivity contribution >= 4 is 5.96 Å². The second kappa shape index (κ2) is 8.04. The van der Waals surface area contributed by atoms with Gasteiger partial charge in [0.1, 0.15) is 5.75 Å². The quantitative estimate of drug-likeness (QED) is 0.498. The van der Waals surface area contributed by atoms with Gasteiger partial charge in [-0.15, -0.1) is 19.6 Å². The first-order valence-electron chi connectivity index (χ1n) is 6.25. The monoisotopic (exact) mass is 299 g/mol. The molecule has 0 aliphatic rings. The Morgan fingerprint density at radius 1 is 1.33 bits per heavy atom. The molecule has 0 amide bonds. The van der Waals surface area contributed by atoms with E-state index in [9.17, 15) is 13.2 Å². The summed E-state index contributed by atoms with van der Waals surface area (Å²) in [5.41, 5.74) is 0.327. The molecular formula is C14H16F3N3O. The predicted molar refractivity (Wildman–Crippen MR) is 74.8 cm³/mol. The minimum atomic E-state index is -4.73. The van der Waals surface area contributed by atoms with Crippen LogP contribution in [-0.2, 0) is 6.54 Å². The maximum absolute atomic E-state index is 12.3. The lowest BCUT2D eigenvalue weighted by molar-refractivity contribution is -0.274. The van der Waals surface area contributed by atoms with Crippen LogP contribution >= 0.6 is 0 Å². The third-order valence-electron chi connectivity index (χ3n) is 2.31. The van der Waals surface area contributed by atoms with Crippen LogP contribution in [0.1, 0.15) is 12.5 Å². The van der Waals surface area contributed by atoms with E-state index in [1.165, 1.54) is 18.2 Å². The van der Waals surface area contributed by atoms with E-state index in [1.807, 2.05) is 6.92 Å². The van der Waals surface area contributed by atoms with E-state index in [0.717, 1.165) is 0 Å². The van der Waals surface area contributed by atoms with Gasteiger partial charge in [0.05, 0.1) is 13.1 Å². The smallest absolute Gasteiger partial charge is 0.405 e. The van der Waals surface area contributed by atoms with Crippen molar-refractivity contribution in [1.82, 2.24) is 10.6 Å². The van der Waals surface area contributed by atoms with Gasteiger partial charge in [0.25, 0.3) is 0 Å². The number of para-hydroxylation sites is 1. The number of nitrogens with one attached hydrogen (secondary N) is 2. The molecule has 0 fully saturated rings. The number of terminal acetylenes is 1. The minimum Gasteiger partial charge on any atom is -0.405 e. The van der Waals surface area contributed by atoms with Gasteiger partial charge >= 0.3 is 6.36 Å². The first kappa shape index (κ1) is 16.7. The van der Waals surface area contributed by atoms with Gasteiger partial charge in [-0.25, -0.2) is 4.99 Å². The van der Waals surface area contributed by atoms with E-state index in [0.29, 0.717) is 18.1 Å². The van der Waals surface area contributed by atoms with Gasteiger partial charge < -0.3 is 15.4 Å². The Bertz CT molecular complexity index is 521. The third-order valence-corrected chi connectivity index (χ3v) is 2.31. The van der Waals surface area contributed by atoms with Gasteiger partial charge in [0, 0.05) is 12.1 Å². The normalized spacial score (nSPS) is 11.7. The second-order valence-electron chi connectivity index (χ2n) is 3.91. The first-order chi connectivity index (χ1) is 9.96. The Balaban J connectivity index is 2.83. The van der Waals surface area contributed by atoms with Crippen molar-refractivity contribution in [2.24, 2.45) is 4.99 Å². The summed E-state index contributed by atoms with van der Waals surface area (Å²) in [6.45, 7) is 2.78. The van der Waals surface area contributed by atoms with Crippen LogP contribution in [0.2, 0.25) is 0 Å². The Morgan fingerprint density at radius 3 is 2.67 bits per heavy atom. The Kier molecular flexibility index (Phi) is 6.40. The van der Waals surface area contributed by atoms with Crippen LogP contribution in [-0.4, -0.2) is 25.4 Å². The highest BCUT2D eigenvalue weighted by atomic mass is 19.4. The predicted octanol–water partition coefficient (Wildman–Crippen LogP) is 2.27. The number of benzene rings is 1. The van der Waals surface area contributed by atoms with Gasteiger partial charge in [0.15, 0.2) is 5.96 Å². The summed E-state index contributed by atoms with van der Waals surface area (Å²) in [6.07, 6.45) is 0.403. The van der Waals surface area contributed by atoms with Crippen LogP contribution in [0.25, 0.3) is 0 Å². The molecule has 0 unspecified atom stereocenters. The third kappa shape index (κ3) is 6.56. The lowest BCUT2D eigenvalue weighted by atomic mass is 10.2. The maximum atomic E-state index is 12.3. The summed E-state index contributed by atoms with van der Waals surface area (Å²) in [6, 6.07) is 5.86. The lowest BCUT2D eigenvalue weighted by Crippen LogP contribution is -2.37. The second-order valence-corrected chi connectivity index (χ2v) is 3.91. The van der Waals surface area contributed by atoms with E-state index in [-0.39, 0.29) is 18.8 Å². The number of hydrogen-bond acceptors (Lipinski definition) is 2. The summed E-state index contributed by atoms with van der Waals surface area (Å²) in [7, 11) is 0. The molecule has 114 valence electrons. The molecule has 0 aliphatic heterocycles.